The lowest BCUT2D eigenvalue weighted by atomic mass is 10.0. The Hall–Kier alpha value is -1.28. The van der Waals surface area contributed by atoms with Crippen LogP contribution in [0.25, 0.3) is 11.0 Å². The summed E-state index contributed by atoms with van der Waals surface area (Å²) in [6, 6.07) is 9.04. The number of hydrogen-bond acceptors (Lipinski definition) is 2. The van der Waals surface area contributed by atoms with E-state index >= 15 is 0 Å². The standard InChI is InChI=1S/C14H19NO/c1-3-4-13(15-2)10-11-5-6-14-12(9-11)7-8-16-14/h5-9,13,15H,3-4,10H2,1-2H3. The van der Waals surface area contributed by atoms with Crippen molar-refractivity contribution in [2.45, 2.75) is 32.2 Å². The molecular formula is C14H19NO. The molecule has 0 fully saturated rings. The van der Waals surface area contributed by atoms with Gasteiger partial charge in [-0.3, -0.25) is 0 Å². The molecule has 1 N–H and O–H groups in total. The first-order valence-electron chi connectivity index (χ1n) is 5.97. The van der Waals surface area contributed by atoms with E-state index < -0.39 is 0 Å². The van der Waals surface area contributed by atoms with Gasteiger partial charge in [-0.1, -0.05) is 19.4 Å². The summed E-state index contributed by atoms with van der Waals surface area (Å²) in [7, 11) is 2.04. The predicted octanol–water partition coefficient (Wildman–Crippen LogP) is 3.36. The fourth-order valence-corrected chi connectivity index (χ4v) is 2.12. The van der Waals surface area contributed by atoms with Gasteiger partial charge in [0.1, 0.15) is 5.58 Å². The monoisotopic (exact) mass is 217 g/mol. The zero-order valence-electron chi connectivity index (χ0n) is 9.99. The molecule has 16 heavy (non-hydrogen) atoms. The third-order valence-corrected chi connectivity index (χ3v) is 3.04. The van der Waals surface area contributed by atoms with E-state index in [0.29, 0.717) is 6.04 Å². The molecule has 0 radical (unpaired) electrons. The van der Waals surface area contributed by atoms with Gasteiger partial charge < -0.3 is 9.73 Å². The maximum Gasteiger partial charge on any atom is 0.133 e. The molecule has 0 aliphatic rings. The summed E-state index contributed by atoms with van der Waals surface area (Å²) in [4.78, 5) is 0. The van der Waals surface area contributed by atoms with Crippen LogP contribution in [-0.4, -0.2) is 13.1 Å². The Morgan fingerprint density at radius 2 is 2.19 bits per heavy atom. The Balaban J connectivity index is 2.13. The molecule has 2 rings (SSSR count). The molecule has 1 unspecified atom stereocenters. The van der Waals surface area contributed by atoms with Crippen molar-refractivity contribution >= 4 is 11.0 Å². The summed E-state index contributed by atoms with van der Waals surface area (Å²) in [6.07, 6.45) is 5.28. The van der Waals surface area contributed by atoms with Crippen LogP contribution in [0.15, 0.2) is 34.9 Å². The van der Waals surface area contributed by atoms with E-state index in [4.69, 9.17) is 4.42 Å². The van der Waals surface area contributed by atoms with Gasteiger partial charge in [0.2, 0.25) is 0 Å². The molecule has 0 saturated heterocycles. The highest BCUT2D eigenvalue weighted by molar-refractivity contribution is 5.77. The zero-order valence-corrected chi connectivity index (χ0v) is 9.99. The van der Waals surface area contributed by atoms with Crippen LogP contribution >= 0.6 is 0 Å². The van der Waals surface area contributed by atoms with Gasteiger partial charge in [-0.15, -0.1) is 0 Å². The molecule has 2 nitrogen and oxygen atoms in total. The summed E-state index contributed by atoms with van der Waals surface area (Å²) in [5.74, 6) is 0. The molecule has 2 heteroatoms. The average Bonchev–Trinajstić information content (AvgIpc) is 2.75. The van der Waals surface area contributed by atoms with Crippen LogP contribution in [0.4, 0.5) is 0 Å². The number of hydrogen-bond donors (Lipinski definition) is 1. The smallest absolute Gasteiger partial charge is 0.133 e. The van der Waals surface area contributed by atoms with Gasteiger partial charge >= 0.3 is 0 Å². The van der Waals surface area contributed by atoms with Crippen LogP contribution in [0.3, 0.4) is 0 Å². The number of benzene rings is 1. The highest BCUT2D eigenvalue weighted by Crippen LogP contribution is 2.18. The molecule has 1 aromatic heterocycles. The van der Waals surface area contributed by atoms with E-state index in [0.717, 1.165) is 12.0 Å². The Morgan fingerprint density at radius 3 is 2.94 bits per heavy atom. The first kappa shape index (κ1) is 11.2. The van der Waals surface area contributed by atoms with Crippen molar-refractivity contribution in [2.24, 2.45) is 0 Å². The zero-order chi connectivity index (χ0) is 11.4. The first-order chi connectivity index (χ1) is 7.83. The maximum absolute atomic E-state index is 5.34. The second kappa shape index (κ2) is 5.17. The minimum Gasteiger partial charge on any atom is -0.464 e. The molecule has 1 atom stereocenters. The largest absolute Gasteiger partial charge is 0.464 e. The van der Waals surface area contributed by atoms with Gasteiger partial charge in [0.15, 0.2) is 0 Å². The van der Waals surface area contributed by atoms with E-state index in [9.17, 15) is 0 Å². The van der Waals surface area contributed by atoms with E-state index in [1.807, 2.05) is 13.1 Å². The van der Waals surface area contributed by atoms with Crippen LogP contribution in [0.2, 0.25) is 0 Å². The SMILES string of the molecule is CCCC(Cc1ccc2occc2c1)NC. The van der Waals surface area contributed by atoms with Crippen LogP contribution in [0.1, 0.15) is 25.3 Å². The fourth-order valence-electron chi connectivity index (χ4n) is 2.12. The van der Waals surface area contributed by atoms with Crippen molar-refractivity contribution in [1.82, 2.24) is 5.32 Å². The van der Waals surface area contributed by atoms with Crippen molar-refractivity contribution in [3.05, 3.63) is 36.1 Å². The Bertz CT molecular complexity index is 447. The van der Waals surface area contributed by atoms with Crippen LogP contribution in [-0.2, 0) is 6.42 Å². The number of rotatable bonds is 5. The number of likely N-dealkylation sites (N-methyl/N-ethyl adjacent to an activating group) is 1. The van der Waals surface area contributed by atoms with Gasteiger partial charge in [0.25, 0.3) is 0 Å². The van der Waals surface area contributed by atoms with E-state index in [1.165, 1.54) is 23.8 Å². The van der Waals surface area contributed by atoms with Crippen LogP contribution in [0, 0.1) is 0 Å². The molecule has 1 heterocycles. The quantitative estimate of drug-likeness (QED) is 0.830. The third kappa shape index (κ3) is 2.45. The van der Waals surface area contributed by atoms with Gasteiger partial charge in [-0.05, 0) is 43.7 Å². The molecule has 0 amide bonds. The molecule has 0 aliphatic heterocycles. The van der Waals surface area contributed by atoms with Crippen molar-refractivity contribution in [3.8, 4) is 0 Å². The maximum atomic E-state index is 5.34. The Morgan fingerprint density at radius 1 is 1.31 bits per heavy atom. The molecule has 86 valence electrons. The summed E-state index contributed by atoms with van der Waals surface area (Å²) in [5, 5.41) is 4.57. The first-order valence-corrected chi connectivity index (χ1v) is 5.97. The molecule has 0 aliphatic carbocycles. The van der Waals surface area contributed by atoms with Crippen molar-refractivity contribution in [3.63, 3.8) is 0 Å². The molecule has 1 aromatic carbocycles. The van der Waals surface area contributed by atoms with Crippen LogP contribution in [0.5, 0.6) is 0 Å². The molecule has 0 bridgehead atoms. The second-order valence-electron chi connectivity index (χ2n) is 4.27. The molecular weight excluding hydrogens is 198 g/mol. The lowest BCUT2D eigenvalue weighted by molar-refractivity contribution is 0.514. The summed E-state index contributed by atoms with van der Waals surface area (Å²) >= 11 is 0. The lowest BCUT2D eigenvalue weighted by Crippen LogP contribution is -2.27. The summed E-state index contributed by atoms with van der Waals surface area (Å²) < 4.78 is 5.34. The third-order valence-electron chi connectivity index (χ3n) is 3.04. The van der Waals surface area contributed by atoms with Crippen molar-refractivity contribution < 1.29 is 4.42 Å². The second-order valence-corrected chi connectivity index (χ2v) is 4.27. The van der Waals surface area contributed by atoms with E-state index in [1.54, 1.807) is 6.26 Å². The Kier molecular flexibility index (Phi) is 3.62. The normalized spacial score (nSPS) is 13.1. The van der Waals surface area contributed by atoms with E-state index in [2.05, 4.69) is 30.4 Å². The predicted molar refractivity (Wildman–Crippen MR) is 67.7 cm³/mol. The summed E-state index contributed by atoms with van der Waals surface area (Å²) in [5.41, 5.74) is 2.35. The van der Waals surface area contributed by atoms with Crippen molar-refractivity contribution in [1.29, 1.82) is 0 Å². The number of furan rings is 1. The fraction of sp³-hybridized carbons (Fsp3) is 0.429. The van der Waals surface area contributed by atoms with Crippen LogP contribution < -0.4 is 5.32 Å². The molecule has 2 aromatic rings. The minimum atomic E-state index is 0.578. The minimum absolute atomic E-state index is 0.578. The molecule has 0 saturated carbocycles. The van der Waals surface area contributed by atoms with Crippen molar-refractivity contribution in [2.75, 3.05) is 7.05 Å². The van der Waals surface area contributed by atoms with Gasteiger partial charge in [0.05, 0.1) is 6.26 Å². The molecule has 0 spiro atoms. The van der Waals surface area contributed by atoms with E-state index in [-0.39, 0.29) is 0 Å². The van der Waals surface area contributed by atoms with Gasteiger partial charge in [0, 0.05) is 11.4 Å². The van der Waals surface area contributed by atoms with Gasteiger partial charge in [-0.25, -0.2) is 0 Å². The highest BCUT2D eigenvalue weighted by Gasteiger charge is 2.06. The number of nitrogens with one attached hydrogen (secondary N) is 1. The average molecular weight is 217 g/mol. The highest BCUT2D eigenvalue weighted by atomic mass is 16.3. The summed E-state index contributed by atoms with van der Waals surface area (Å²) in [6.45, 7) is 2.23. The lowest BCUT2D eigenvalue weighted by Gasteiger charge is -2.14. The van der Waals surface area contributed by atoms with Gasteiger partial charge in [-0.2, -0.15) is 0 Å². The number of fused-ring (bicyclic) bond motifs is 1. The Labute approximate surface area is 96.6 Å². The topological polar surface area (TPSA) is 25.2 Å².